The number of ether oxygens (including phenoxy) is 1. The zero-order valence-corrected chi connectivity index (χ0v) is 38.5. The SMILES string of the molecule is Cn1nc(C2CCC(=O)NC2=O)c2ccc(C3CCN(CC4CCN(c5ncc(Cl)c(Nc6cc7c8c(c(=O)n(CC9CC(F)(F)C9)c7cc6F)OCC(F)(F)[C@H](C6CC6)N8)n5)CC4)CC3)c(F)c21. The summed E-state index contributed by atoms with van der Waals surface area (Å²) in [5.74, 6) is -9.08. The third-order valence-corrected chi connectivity index (χ3v) is 15.5. The van der Waals surface area contributed by atoms with Crippen molar-refractivity contribution in [1.82, 2.24) is 34.5 Å². The molecule has 2 amide bonds. The summed E-state index contributed by atoms with van der Waals surface area (Å²) in [6.45, 7) is 2.59. The van der Waals surface area contributed by atoms with Crippen LogP contribution >= 0.6 is 11.6 Å². The quantitative estimate of drug-likeness (QED) is 0.0918. The lowest BCUT2D eigenvalue weighted by atomic mass is 9.81. The predicted octanol–water partition coefficient (Wildman–Crippen LogP) is 8.23. The third-order valence-electron chi connectivity index (χ3n) is 15.2. The van der Waals surface area contributed by atoms with Gasteiger partial charge < -0.3 is 29.7 Å². The lowest BCUT2D eigenvalue weighted by molar-refractivity contribution is -0.134. The van der Waals surface area contributed by atoms with Crippen molar-refractivity contribution in [1.29, 1.82) is 0 Å². The van der Waals surface area contributed by atoms with Gasteiger partial charge in [0.2, 0.25) is 29.4 Å². The Labute approximate surface area is 397 Å². The summed E-state index contributed by atoms with van der Waals surface area (Å²) in [6, 6.07) is 4.81. The van der Waals surface area contributed by atoms with E-state index in [0.29, 0.717) is 66.4 Å². The first kappa shape index (κ1) is 45.8. The number of anilines is 4. The number of likely N-dealkylation sites (tertiary alicyclic amines) is 1. The van der Waals surface area contributed by atoms with E-state index < -0.39 is 66.5 Å². The van der Waals surface area contributed by atoms with E-state index in [9.17, 15) is 23.2 Å². The Bertz CT molecular complexity index is 2940. The molecule has 2 aliphatic carbocycles. The number of aromatic nitrogens is 5. The number of halogens is 7. The van der Waals surface area contributed by atoms with Crippen molar-refractivity contribution in [3.05, 3.63) is 68.7 Å². The van der Waals surface area contributed by atoms with Crippen molar-refractivity contribution in [3.63, 3.8) is 0 Å². The Morgan fingerprint density at radius 1 is 0.913 bits per heavy atom. The largest absolute Gasteiger partial charge is 0.480 e. The first-order chi connectivity index (χ1) is 33.0. The highest BCUT2D eigenvalue weighted by atomic mass is 35.5. The fraction of sp³-hybridized carbons (Fsp3) is 0.542. The number of aryl methyl sites for hydroxylation is 1. The van der Waals surface area contributed by atoms with Gasteiger partial charge in [0, 0.05) is 69.3 Å². The van der Waals surface area contributed by atoms with Crippen LogP contribution < -0.4 is 31.1 Å². The number of benzene rings is 2. The number of pyridine rings is 1. The van der Waals surface area contributed by atoms with Gasteiger partial charge in [-0.15, -0.1) is 0 Å². The van der Waals surface area contributed by atoms with Gasteiger partial charge in [0.25, 0.3) is 5.56 Å². The number of carbonyl (C=O) groups excluding carboxylic acids is 2. The molecule has 0 spiro atoms. The molecule has 69 heavy (non-hydrogen) atoms. The first-order valence-corrected chi connectivity index (χ1v) is 24.2. The van der Waals surface area contributed by atoms with Gasteiger partial charge >= 0.3 is 5.92 Å². The molecule has 3 aromatic heterocycles. The van der Waals surface area contributed by atoms with Gasteiger partial charge in [0.1, 0.15) is 16.4 Å². The second-order valence-corrected chi connectivity index (χ2v) is 20.4. The van der Waals surface area contributed by atoms with Crippen molar-refractivity contribution in [2.24, 2.45) is 24.8 Å². The zero-order chi connectivity index (χ0) is 48.1. The number of amides is 2. The summed E-state index contributed by atoms with van der Waals surface area (Å²) < 4.78 is 99.2. The monoisotopic (exact) mass is 980 g/mol. The number of nitrogens with one attached hydrogen (secondary N) is 3. The number of piperidine rings is 3. The summed E-state index contributed by atoms with van der Waals surface area (Å²) in [4.78, 5) is 51.9. The van der Waals surface area contributed by atoms with Crippen LogP contribution in [0.3, 0.4) is 0 Å². The maximum atomic E-state index is 16.2. The topological polar surface area (TPSA) is 152 Å². The Morgan fingerprint density at radius 3 is 2.38 bits per heavy atom. The van der Waals surface area contributed by atoms with Crippen LogP contribution in [-0.4, -0.2) is 98.2 Å². The molecule has 7 heterocycles. The lowest BCUT2D eigenvalue weighted by Gasteiger charge is -2.38. The molecule has 6 aliphatic rings. The van der Waals surface area contributed by atoms with Crippen LogP contribution in [0.2, 0.25) is 5.02 Å². The van der Waals surface area contributed by atoms with Gasteiger partial charge in [-0.25, -0.2) is 31.3 Å². The summed E-state index contributed by atoms with van der Waals surface area (Å²) in [7, 11) is 1.68. The molecule has 5 aromatic rings. The van der Waals surface area contributed by atoms with E-state index in [-0.39, 0.29) is 75.4 Å². The van der Waals surface area contributed by atoms with E-state index in [4.69, 9.17) is 16.3 Å². The van der Waals surface area contributed by atoms with Crippen molar-refractivity contribution in [3.8, 4) is 5.75 Å². The fourth-order valence-corrected chi connectivity index (χ4v) is 11.5. The lowest BCUT2D eigenvalue weighted by Crippen LogP contribution is -2.44. The highest BCUT2D eigenvalue weighted by Crippen LogP contribution is 2.48. The highest BCUT2D eigenvalue weighted by Gasteiger charge is 2.52. The van der Waals surface area contributed by atoms with E-state index in [1.54, 1.807) is 7.05 Å². The summed E-state index contributed by atoms with van der Waals surface area (Å²) in [6.07, 6.45) is 5.48. The van der Waals surface area contributed by atoms with E-state index in [1.165, 1.54) is 16.9 Å². The molecule has 4 aliphatic heterocycles. The summed E-state index contributed by atoms with van der Waals surface area (Å²) >= 11 is 6.59. The fourth-order valence-electron chi connectivity index (χ4n) is 11.3. The molecule has 14 nitrogen and oxygen atoms in total. The number of nitrogens with zero attached hydrogens (tertiary/aromatic N) is 7. The minimum atomic E-state index is -3.33. The Hall–Kier alpha value is -5.63. The molecule has 2 saturated carbocycles. The molecular formula is C48H51ClF6N10O4. The van der Waals surface area contributed by atoms with Gasteiger partial charge in [0.05, 0.1) is 40.7 Å². The molecule has 5 fully saturated rings. The van der Waals surface area contributed by atoms with Gasteiger partial charge in [0.15, 0.2) is 18.2 Å². The average Bonchev–Trinajstić information content (AvgIpc) is 4.10. The van der Waals surface area contributed by atoms with Crippen LogP contribution in [0.15, 0.2) is 35.3 Å². The molecule has 0 bridgehead atoms. The van der Waals surface area contributed by atoms with E-state index in [2.05, 4.69) is 35.9 Å². The first-order valence-electron chi connectivity index (χ1n) is 23.8. The predicted molar refractivity (Wildman–Crippen MR) is 246 cm³/mol. The van der Waals surface area contributed by atoms with Gasteiger partial charge in [-0.05, 0) is 93.3 Å². The number of carbonyl (C=O) groups is 2. The van der Waals surface area contributed by atoms with Crippen molar-refractivity contribution in [2.45, 2.75) is 100 Å². The maximum Gasteiger partial charge on any atom is 0.301 e. The number of hydrogen-bond acceptors (Lipinski definition) is 11. The second-order valence-electron chi connectivity index (χ2n) is 20.0. The van der Waals surface area contributed by atoms with Gasteiger partial charge in [-0.1, -0.05) is 23.7 Å². The third kappa shape index (κ3) is 8.62. The molecule has 366 valence electrons. The molecule has 3 saturated heterocycles. The van der Waals surface area contributed by atoms with E-state index in [1.807, 2.05) is 17.0 Å². The molecule has 21 heteroatoms. The number of imide groups is 1. The number of alkyl halides is 4. The number of fused-ring (bicyclic) bond motifs is 4. The normalized spacial score (nSPS) is 23.6. The van der Waals surface area contributed by atoms with Crippen LogP contribution in [0, 0.1) is 29.4 Å². The summed E-state index contributed by atoms with van der Waals surface area (Å²) in [5, 5.41) is 13.6. The standard InChI is InChI=1S/C48H51ClF6N10O4/c1-62-40-29(38(61-62)30-6-7-36(66)58-44(30)67)5-4-28(37(40)51)26-10-12-63(13-11-26)21-24-8-14-64(15-9-24)46-56-20-32(49)43(60-46)57-34-16-31-35(17-33(34)50)65(22-25-18-47(52,53)19-25)45(68)41-39(31)59-42(27-2-3-27)48(54,55)23-69-41/h4-5,16-17,20,24-27,30,42,59H,2-3,6-15,18-19,21-23H2,1H3,(H,56,57,60)(H,58,66,67)/t30?,42-/m0/s1. The van der Waals surface area contributed by atoms with E-state index in [0.717, 1.165) is 56.0 Å². The Balaban J connectivity index is 0.755. The molecule has 3 N–H and O–H groups in total. The van der Waals surface area contributed by atoms with Crippen LogP contribution in [0.1, 0.15) is 87.3 Å². The molecular weight excluding hydrogens is 930 g/mol. The molecule has 1 unspecified atom stereocenters. The molecule has 2 aromatic carbocycles. The molecule has 0 radical (unpaired) electrons. The van der Waals surface area contributed by atoms with Crippen LogP contribution in [0.4, 0.5) is 49.5 Å². The van der Waals surface area contributed by atoms with Crippen LogP contribution in [0.25, 0.3) is 21.8 Å². The van der Waals surface area contributed by atoms with Gasteiger partial charge in [-0.2, -0.15) is 10.1 Å². The second kappa shape index (κ2) is 17.3. The van der Waals surface area contributed by atoms with Crippen molar-refractivity contribution >= 4 is 68.4 Å². The van der Waals surface area contributed by atoms with Crippen LogP contribution in [-0.2, 0) is 23.2 Å². The van der Waals surface area contributed by atoms with E-state index >= 15 is 17.6 Å². The molecule has 11 rings (SSSR count). The van der Waals surface area contributed by atoms with Crippen molar-refractivity contribution in [2.75, 3.05) is 54.9 Å². The zero-order valence-electron chi connectivity index (χ0n) is 37.8. The Kier molecular flexibility index (Phi) is 11.5. The minimum Gasteiger partial charge on any atom is -0.480 e. The number of hydrogen-bond donors (Lipinski definition) is 3. The number of rotatable bonds is 10. The Morgan fingerprint density at radius 2 is 1.67 bits per heavy atom. The van der Waals surface area contributed by atoms with Crippen molar-refractivity contribution < 1.29 is 40.7 Å². The maximum absolute atomic E-state index is 16.2. The minimum absolute atomic E-state index is 0.0102. The summed E-state index contributed by atoms with van der Waals surface area (Å²) in [5.41, 5.74) is 0.617. The van der Waals surface area contributed by atoms with Gasteiger partial charge in [-0.3, -0.25) is 24.4 Å². The average molecular weight is 981 g/mol. The smallest absolute Gasteiger partial charge is 0.301 e. The highest BCUT2D eigenvalue weighted by molar-refractivity contribution is 6.33. The van der Waals surface area contributed by atoms with Crippen LogP contribution in [0.5, 0.6) is 5.75 Å². The molecule has 2 atom stereocenters.